The molecule has 0 spiro atoms. The van der Waals surface area contributed by atoms with E-state index >= 15 is 0 Å². The van der Waals surface area contributed by atoms with Gasteiger partial charge in [-0.1, -0.05) is 56.3 Å². The lowest BCUT2D eigenvalue weighted by molar-refractivity contribution is 0.590. The zero-order valence-electron chi connectivity index (χ0n) is 11.6. The maximum atomic E-state index is 6.00. The van der Waals surface area contributed by atoms with Crippen molar-refractivity contribution in [1.82, 2.24) is 9.97 Å². The van der Waals surface area contributed by atoms with Crippen LogP contribution < -0.4 is 0 Å². The molecule has 19 heavy (non-hydrogen) atoms. The smallest absolute Gasteiger partial charge is 0.136 e. The summed E-state index contributed by atoms with van der Waals surface area (Å²) in [5.74, 6) is 0. The molecule has 2 rings (SSSR count). The summed E-state index contributed by atoms with van der Waals surface area (Å²) in [6.07, 6.45) is 1.50. The number of rotatable bonds is 2. The molecular formula is C15H17ClN2S. The van der Waals surface area contributed by atoms with Crippen LogP contribution in [0.3, 0.4) is 0 Å². The Balaban J connectivity index is 2.23. The summed E-state index contributed by atoms with van der Waals surface area (Å²) in [7, 11) is 0. The van der Waals surface area contributed by atoms with Crippen molar-refractivity contribution in [1.29, 1.82) is 0 Å². The molecule has 1 aromatic heterocycles. The maximum Gasteiger partial charge on any atom is 0.136 e. The molecule has 0 aliphatic carbocycles. The molecule has 0 bridgehead atoms. The van der Waals surface area contributed by atoms with Crippen LogP contribution in [-0.4, -0.2) is 9.97 Å². The minimum absolute atomic E-state index is 0.178. The highest BCUT2D eigenvalue weighted by molar-refractivity contribution is 7.99. The van der Waals surface area contributed by atoms with Crippen LogP contribution in [-0.2, 0) is 5.41 Å². The Morgan fingerprint density at radius 2 is 1.68 bits per heavy atom. The molecule has 0 atom stereocenters. The first-order valence-electron chi connectivity index (χ1n) is 6.13. The van der Waals surface area contributed by atoms with Gasteiger partial charge in [0.15, 0.2) is 0 Å². The van der Waals surface area contributed by atoms with Crippen molar-refractivity contribution in [3.63, 3.8) is 0 Å². The number of nitrogens with zero attached hydrogens (tertiary/aromatic N) is 2. The predicted molar refractivity (Wildman–Crippen MR) is 81.0 cm³/mol. The Morgan fingerprint density at radius 3 is 2.26 bits per heavy atom. The van der Waals surface area contributed by atoms with Crippen molar-refractivity contribution < 1.29 is 0 Å². The van der Waals surface area contributed by atoms with E-state index in [1.807, 2.05) is 6.92 Å². The normalized spacial score (nSPS) is 11.6. The molecule has 1 aromatic carbocycles. The molecule has 2 aromatic rings. The second kappa shape index (κ2) is 5.51. The quantitative estimate of drug-likeness (QED) is 0.737. The van der Waals surface area contributed by atoms with Gasteiger partial charge in [-0.05, 0) is 30.0 Å². The standard InChI is InChI=1S/C15H17ClN2S/c1-10-13(16)17-9-18-14(10)19-12-7-5-11(6-8-12)15(2,3)4/h5-9H,1-4H3. The lowest BCUT2D eigenvalue weighted by Crippen LogP contribution is -2.10. The van der Waals surface area contributed by atoms with E-state index in [1.165, 1.54) is 11.9 Å². The summed E-state index contributed by atoms with van der Waals surface area (Å²) in [5, 5.41) is 1.42. The SMILES string of the molecule is Cc1c(Cl)ncnc1Sc1ccc(C(C)(C)C)cc1. The number of halogens is 1. The Morgan fingerprint density at radius 1 is 1.05 bits per heavy atom. The molecule has 0 fully saturated rings. The molecule has 0 saturated heterocycles. The molecule has 1 heterocycles. The molecule has 2 nitrogen and oxygen atoms in total. The van der Waals surface area contributed by atoms with Gasteiger partial charge in [0.25, 0.3) is 0 Å². The van der Waals surface area contributed by atoms with Crippen molar-refractivity contribution in [2.75, 3.05) is 0 Å². The summed E-state index contributed by atoms with van der Waals surface area (Å²) in [6.45, 7) is 8.57. The van der Waals surface area contributed by atoms with Gasteiger partial charge in [-0.2, -0.15) is 0 Å². The minimum Gasteiger partial charge on any atom is -0.229 e. The molecule has 4 heteroatoms. The fraction of sp³-hybridized carbons (Fsp3) is 0.333. The van der Waals surface area contributed by atoms with Gasteiger partial charge < -0.3 is 0 Å². The van der Waals surface area contributed by atoms with Gasteiger partial charge in [0.05, 0.1) is 0 Å². The molecule has 0 unspecified atom stereocenters. The van der Waals surface area contributed by atoms with Crippen LogP contribution >= 0.6 is 23.4 Å². The van der Waals surface area contributed by atoms with Gasteiger partial charge in [-0.15, -0.1) is 0 Å². The highest BCUT2D eigenvalue weighted by Gasteiger charge is 2.13. The summed E-state index contributed by atoms with van der Waals surface area (Å²) in [6, 6.07) is 8.59. The Hall–Kier alpha value is -1.06. The van der Waals surface area contributed by atoms with Crippen molar-refractivity contribution in [3.05, 3.63) is 46.9 Å². The van der Waals surface area contributed by atoms with Gasteiger partial charge in [0, 0.05) is 10.5 Å². The molecule has 0 amide bonds. The van der Waals surface area contributed by atoms with Crippen LogP contribution in [0.1, 0.15) is 31.9 Å². The van der Waals surface area contributed by atoms with Gasteiger partial charge in [0.1, 0.15) is 16.5 Å². The Kier molecular flexibility index (Phi) is 4.16. The van der Waals surface area contributed by atoms with E-state index in [2.05, 4.69) is 55.0 Å². The van der Waals surface area contributed by atoms with Crippen LogP contribution in [0.15, 0.2) is 40.5 Å². The van der Waals surface area contributed by atoms with Gasteiger partial charge in [-0.25, -0.2) is 9.97 Å². The van der Waals surface area contributed by atoms with E-state index in [1.54, 1.807) is 11.8 Å². The fourth-order valence-corrected chi connectivity index (χ4v) is 2.69. The molecular weight excluding hydrogens is 276 g/mol. The molecule has 100 valence electrons. The van der Waals surface area contributed by atoms with Gasteiger partial charge >= 0.3 is 0 Å². The topological polar surface area (TPSA) is 25.8 Å². The number of aromatic nitrogens is 2. The van der Waals surface area contributed by atoms with Gasteiger partial charge in [0.2, 0.25) is 0 Å². The molecule has 0 radical (unpaired) electrons. The summed E-state index contributed by atoms with van der Waals surface area (Å²) >= 11 is 7.61. The number of hydrogen-bond acceptors (Lipinski definition) is 3. The first-order chi connectivity index (χ1) is 8.88. The molecule has 0 N–H and O–H groups in total. The van der Waals surface area contributed by atoms with Crippen molar-refractivity contribution >= 4 is 23.4 Å². The predicted octanol–water partition coefficient (Wildman–Crippen LogP) is 4.89. The first-order valence-corrected chi connectivity index (χ1v) is 7.33. The summed E-state index contributed by atoms with van der Waals surface area (Å²) in [5.41, 5.74) is 2.43. The van der Waals surface area contributed by atoms with Crippen molar-refractivity contribution in [3.8, 4) is 0 Å². The van der Waals surface area contributed by atoms with Crippen LogP contribution in [0, 0.1) is 6.92 Å². The lowest BCUT2D eigenvalue weighted by Gasteiger charge is -2.19. The van der Waals surface area contributed by atoms with E-state index in [9.17, 15) is 0 Å². The van der Waals surface area contributed by atoms with Crippen molar-refractivity contribution in [2.45, 2.75) is 43.0 Å². The zero-order chi connectivity index (χ0) is 14.0. The van der Waals surface area contributed by atoms with E-state index in [0.717, 1.165) is 15.5 Å². The first kappa shape index (κ1) is 14.4. The highest BCUT2D eigenvalue weighted by Crippen LogP contribution is 2.32. The fourth-order valence-electron chi connectivity index (χ4n) is 1.65. The molecule has 0 saturated carbocycles. The molecule has 0 aliphatic rings. The average Bonchev–Trinajstić information content (AvgIpc) is 2.35. The van der Waals surface area contributed by atoms with E-state index in [0.29, 0.717) is 5.15 Å². The second-order valence-electron chi connectivity index (χ2n) is 5.47. The monoisotopic (exact) mass is 292 g/mol. The Bertz CT molecular complexity index is 574. The third-order valence-corrected chi connectivity index (χ3v) is 4.41. The summed E-state index contributed by atoms with van der Waals surface area (Å²) < 4.78 is 0. The van der Waals surface area contributed by atoms with Gasteiger partial charge in [-0.3, -0.25) is 0 Å². The zero-order valence-corrected chi connectivity index (χ0v) is 13.1. The van der Waals surface area contributed by atoms with E-state index in [-0.39, 0.29) is 5.41 Å². The second-order valence-corrected chi connectivity index (χ2v) is 6.89. The molecule has 0 aliphatic heterocycles. The number of hydrogen-bond donors (Lipinski definition) is 0. The maximum absolute atomic E-state index is 6.00. The largest absolute Gasteiger partial charge is 0.229 e. The third kappa shape index (κ3) is 3.48. The lowest BCUT2D eigenvalue weighted by atomic mass is 9.87. The summed E-state index contributed by atoms with van der Waals surface area (Å²) in [4.78, 5) is 9.40. The van der Waals surface area contributed by atoms with E-state index < -0.39 is 0 Å². The van der Waals surface area contributed by atoms with Crippen LogP contribution in [0.2, 0.25) is 5.15 Å². The van der Waals surface area contributed by atoms with Crippen molar-refractivity contribution in [2.24, 2.45) is 0 Å². The average molecular weight is 293 g/mol. The highest BCUT2D eigenvalue weighted by atomic mass is 35.5. The van der Waals surface area contributed by atoms with E-state index in [4.69, 9.17) is 11.6 Å². The minimum atomic E-state index is 0.178. The van der Waals surface area contributed by atoms with Crippen LogP contribution in [0.4, 0.5) is 0 Å². The third-order valence-electron chi connectivity index (χ3n) is 2.91. The number of benzene rings is 1. The van der Waals surface area contributed by atoms with Crippen LogP contribution in [0.25, 0.3) is 0 Å². The van der Waals surface area contributed by atoms with Crippen LogP contribution in [0.5, 0.6) is 0 Å². The Labute approximate surface area is 123 Å².